The molecule has 2 N–H and O–H groups in total. The van der Waals surface area contributed by atoms with E-state index in [9.17, 15) is 9.59 Å². The first-order chi connectivity index (χ1) is 11.6. The van der Waals surface area contributed by atoms with Gasteiger partial charge in [-0.05, 0) is 44.0 Å². The van der Waals surface area contributed by atoms with Crippen molar-refractivity contribution >= 4 is 17.9 Å². The number of rotatable bonds is 10. The van der Waals surface area contributed by atoms with Crippen LogP contribution in [0, 0.1) is 0 Å². The van der Waals surface area contributed by atoms with Crippen LogP contribution < -0.4 is 15.4 Å². The summed E-state index contributed by atoms with van der Waals surface area (Å²) in [5.74, 6) is 0.228. The van der Waals surface area contributed by atoms with Crippen molar-refractivity contribution in [3.8, 4) is 5.75 Å². The fraction of sp³-hybridized carbons (Fsp3) is 0.444. The van der Waals surface area contributed by atoms with Crippen molar-refractivity contribution in [2.75, 3.05) is 26.9 Å². The first-order valence-corrected chi connectivity index (χ1v) is 8.05. The minimum atomic E-state index is -0.592. The molecule has 24 heavy (non-hydrogen) atoms. The SMILES string of the molecule is CCOCCCNC(=O)C(C)NC(=O)/C=C/c1ccc(OC)cc1. The molecule has 1 aromatic carbocycles. The van der Waals surface area contributed by atoms with Gasteiger partial charge < -0.3 is 20.1 Å². The van der Waals surface area contributed by atoms with E-state index in [0.717, 1.165) is 17.7 Å². The highest BCUT2D eigenvalue weighted by atomic mass is 16.5. The van der Waals surface area contributed by atoms with Crippen molar-refractivity contribution in [1.29, 1.82) is 0 Å². The number of amides is 2. The van der Waals surface area contributed by atoms with Crippen molar-refractivity contribution in [1.82, 2.24) is 10.6 Å². The highest BCUT2D eigenvalue weighted by molar-refractivity contribution is 5.95. The van der Waals surface area contributed by atoms with E-state index in [-0.39, 0.29) is 11.8 Å². The Balaban J connectivity index is 2.34. The lowest BCUT2D eigenvalue weighted by atomic mass is 10.2. The summed E-state index contributed by atoms with van der Waals surface area (Å²) in [4.78, 5) is 23.7. The van der Waals surface area contributed by atoms with E-state index >= 15 is 0 Å². The Labute approximate surface area is 143 Å². The summed E-state index contributed by atoms with van der Waals surface area (Å²) in [6, 6.07) is 6.73. The van der Waals surface area contributed by atoms with Gasteiger partial charge in [-0.25, -0.2) is 0 Å². The highest BCUT2D eigenvalue weighted by Gasteiger charge is 2.13. The normalized spacial score (nSPS) is 12.0. The predicted octanol–water partition coefficient (Wildman–Crippen LogP) is 1.76. The molecule has 132 valence electrons. The summed E-state index contributed by atoms with van der Waals surface area (Å²) in [5.41, 5.74) is 0.874. The van der Waals surface area contributed by atoms with Crippen molar-refractivity contribution in [3.63, 3.8) is 0 Å². The summed E-state index contributed by atoms with van der Waals surface area (Å²) in [6.07, 6.45) is 3.83. The molecular weight excluding hydrogens is 308 g/mol. The summed E-state index contributed by atoms with van der Waals surface area (Å²) in [5, 5.41) is 5.39. The van der Waals surface area contributed by atoms with Crippen LogP contribution in [0.4, 0.5) is 0 Å². The van der Waals surface area contributed by atoms with Crippen LogP contribution in [0.2, 0.25) is 0 Å². The average molecular weight is 334 g/mol. The molecule has 6 nitrogen and oxygen atoms in total. The molecule has 2 amide bonds. The van der Waals surface area contributed by atoms with Crippen LogP contribution >= 0.6 is 0 Å². The quantitative estimate of drug-likeness (QED) is 0.505. The maximum absolute atomic E-state index is 11.9. The summed E-state index contributed by atoms with van der Waals surface area (Å²) in [6.45, 7) is 5.39. The van der Waals surface area contributed by atoms with E-state index in [0.29, 0.717) is 19.8 Å². The Bertz CT molecular complexity index is 540. The molecular formula is C18H26N2O4. The van der Waals surface area contributed by atoms with Gasteiger partial charge in [-0.3, -0.25) is 9.59 Å². The van der Waals surface area contributed by atoms with Gasteiger partial charge in [-0.2, -0.15) is 0 Å². The molecule has 1 atom stereocenters. The molecule has 0 bridgehead atoms. The Kier molecular flexibility index (Phi) is 9.23. The van der Waals surface area contributed by atoms with Gasteiger partial charge in [0.2, 0.25) is 11.8 Å². The largest absolute Gasteiger partial charge is 0.497 e. The van der Waals surface area contributed by atoms with Crippen LogP contribution in [-0.2, 0) is 14.3 Å². The van der Waals surface area contributed by atoms with Gasteiger partial charge in [-0.15, -0.1) is 0 Å². The zero-order chi connectivity index (χ0) is 17.8. The third-order valence-corrected chi connectivity index (χ3v) is 3.26. The molecule has 0 aliphatic heterocycles. The second-order valence-electron chi connectivity index (χ2n) is 5.18. The number of methoxy groups -OCH3 is 1. The van der Waals surface area contributed by atoms with Crippen LogP contribution in [0.25, 0.3) is 6.08 Å². The van der Waals surface area contributed by atoms with Crippen LogP contribution in [0.15, 0.2) is 30.3 Å². The van der Waals surface area contributed by atoms with E-state index in [1.54, 1.807) is 20.1 Å². The lowest BCUT2D eigenvalue weighted by molar-refractivity contribution is -0.126. The smallest absolute Gasteiger partial charge is 0.244 e. The zero-order valence-electron chi connectivity index (χ0n) is 14.5. The number of nitrogens with one attached hydrogen (secondary N) is 2. The van der Waals surface area contributed by atoms with Gasteiger partial charge in [0.15, 0.2) is 0 Å². The molecule has 1 aromatic rings. The number of hydrogen-bond donors (Lipinski definition) is 2. The van der Waals surface area contributed by atoms with Crippen LogP contribution in [0.5, 0.6) is 5.75 Å². The number of benzene rings is 1. The Hall–Kier alpha value is -2.34. The van der Waals surface area contributed by atoms with E-state index in [4.69, 9.17) is 9.47 Å². The monoisotopic (exact) mass is 334 g/mol. The molecule has 0 aliphatic carbocycles. The predicted molar refractivity (Wildman–Crippen MR) is 93.8 cm³/mol. The van der Waals surface area contributed by atoms with E-state index in [1.165, 1.54) is 6.08 Å². The van der Waals surface area contributed by atoms with Gasteiger partial charge in [0.1, 0.15) is 11.8 Å². The maximum Gasteiger partial charge on any atom is 0.244 e. The first-order valence-electron chi connectivity index (χ1n) is 8.05. The molecule has 1 unspecified atom stereocenters. The Morgan fingerprint density at radius 2 is 1.96 bits per heavy atom. The second-order valence-corrected chi connectivity index (χ2v) is 5.18. The van der Waals surface area contributed by atoms with Crippen LogP contribution in [-0.4, -0.2) is 44.7 Å². The lowest BCUT2D eigenvalue weighted by Crippen LogP contribution is -2.44. The molecule has 0 saturated carbocycles. The number of carbonyl (C=O) groups excluding carboxylic acids is 2. The lowest BCUT2D eigenvalue weighted by Gasteiger charge is -2.12. The molecule has 0 saturated heterocycles. The van der Waals surface area contributed by atoms with Crippen molar-refractivity contribution in [3.05, 3.63) is 35.9 Å². The summed E-state index contributed by atoms with van der Waals surface area (Å²) >= 11 is 0. The molecule has 0 radical (unpaired) electrons. The van der Waals surface area contributed by atoms with Gasteiger partial charge in [-0.1, -0.05) is 12.1 Å². The van der Waals surface area contributed by atoms with Crippen LogP contribution in [0.3, 0.4) is 0 Å². The third-order valence-electron chi connectivity index (χ3n) is 3.26. The number of hydrogen-bond acceptors (Lipinski definition) is 4. The molecule has 6 heteroatoms. The second kappa shape index (κ2) is 11.2. The van der Waals surface area contributed by atoms with Gasteiger partial charge >= 0.3 is 0 Å². The van der Waals surface area contributed by atoms with Crippen molar-refractivity contribution in [2.24, 2.45) is 0 Å². The van der Waals surface area contributed by atoms with E-state index < -0.39 is 6.04 Å². The first kappa shape index (κ1) is 19.7. The third kappa shape index (κ3) is 7.78. The van der Waals surface area contributed by atoms with Crippen LogP contribution in [0.1, 0.15) is 25.8 Å². The van der Waals surface area contributed by atoms with Crippen molar-refractivity contribution in [2.45, 2.75) is 26.3 Å². The zero-order valence-corrected chi connectivity index (χ0v) is 14.5. The molecule has 0 aromatic heterocycles. The molecule has 1 rings (SSSR count). The van der Waals surface area contributed by atoms with Gasteiger partial charge in [0, 0.05) is 25.8 Å². The molecule has 0 aliphatic rings. The molecule has 0 fully saturated rings. The minimum Gasteiger partial charge on any atom is -0.497 e. The Morgan fingerprint density at radius 1 is 1.25 bits per heavy atom. The minimum absolute atomic E-state index is 0.210. The molecule has 0 spiro atoms. The number of ether oxygens (including phenoxy) is 2. The summed E-state index contributed by atoms with van der Waals surface area (Å²) < 4.78 is 10.3. The maximum atomic E-state index is 11.9. The fourth-order valence-corrected chi connectivity index (χ4v) is 1.90. The summed E-state index contributed by atoms with van der Waals surface area (Å²) in [7, 11) is 1.60. The van der Waals surface area contributed by atoms with E-state index in [1.807, 2.05) is 31.2 Å². The van der Waals surface area contributed by atoms with Gasteiger partial charge in [0.25, 0.3) is 0 Å². The average Bonchev–Trinajstić information content (AvgIpc) is 2.60. The standard InChI is InChI=1S/C18H26N2O4/c1-4-24-13-5-12-19-18(22)14(2)20-17(21)11-8-15-6-9-16(23-3)10-7-15/h6-11,14H,4-5,12-13H2,1-3H3,(H,19,22)(H,20,21)/b11-8+. The Morgan fingerprint density at radius 3 is 2.58 bits per heavy atom. The van der Waals surface area contributed by atoms with Gasteiger partial charge in [0.05, 0.1) is 7.11 Å². The fourth-order valence-electron chi connectivity index (χ4n) is 1.90. The highest BCUT2D eigenvalue weighted by Crippen LogP contribution is 2.12. The van der Waals surface area contributed by atoms with E-state index in [2.05, 4.69) is 10.6 Å². The topological polar surface area (TPSA) is 76.7 Å². The van der Waals surface area contributed by atoms with Crippen molar-refractivity contribution < 1.29 is 19.1 Å². The molecule has 0 heterocycles. The number of carbonyl (C=O) groups is 2.